The van der Waals surface area contributed by atoms with Crippen molar-refractivity contribution in [3.8, 4) is 0 Å². The Labute approximate surface area is 290 Å². The molecular formula is C32H55N3O15. The van der Waals surface area contributed by atoms with Gasteiger partial charge in [-0.25, -0.2) is 0 Å². The average molecular weight is 722 g/mol. The third kappa shape index (κ3) is 9.44. The summed E-state index contributed by atoms with van der Waals surface area (Å²) in [5, 5.41) is 87.6. The van der Waals surface area contributed by atoms with Crippen LogP contribution in [0.15, 0.2) is 12.2 Å². The number of imide groups is 1. The van der Waals surface area contributed by atoms with Crippen LogP contribution in [0.5, 0.6) is 0 Å². The molecular weight excluding hydrogens is 666 g/mol. The number of nitrogens with two attached hydrogens (primary N) is 1. The number of ether oxygens (including phenoxy) is 5. The van der Waals surface area contributed by atoms with Gasteiger partial charge in [-0.3, -0.25) is 14.5 Å². The van der Waals surface area contributed by atoms with Crippen molar-refractivity contribution in [2.45, 2.75) is 150 Å². The molecule has 3 fully saturated rings. The van der Waals surface area contributed by atoms with Crippen molar-refractivity contribution in [3.63, 3.8) is 0 Å². The van der Waals surface area contributed by atoms with Crippen molar-refractivity contribution >= 4 is 11.8 Å². The highest BCUT2D eigenvalue weighted by atomic mass is 16.7. The van der Waals surface area contributed by atoms with E-state index < -0.39 is 124 Å². The molecule has 4 heterocycles. The number of unbranched alkanes of at least 4 members (excludes halogenated alkanes) is 7. The standard InChI is InChI=1S/C32H55N3O15/c1-2-3-4-5-6-7-8-9-12-34-22-26(43)24(41)16(13-36)47-31(22)49-29-18(15-38)48-32(23(27(29)44)35-19(39)10-11-20(35)40)50-28-17(14-37)46-30(45)21(33)25(28)42/h10-11,16-18,21-32,34,36-38,41-45H,2-9,12-15,33H2,1H3/t16-,17-,18-,21-,22-,23-,24-,25-,26-,27-,28?,29?,30-,31+,32+/m1/s1. The van der Waals surface area contributed by atoms with Crippen LogP contribution in [-0.4, -0.2) is 176 Å². The number of nitrogens with one attached hydrogen (secondary N) is 1. The molecule has 4 rings (SSSR count). The summed E-state index contributed by atoms with van der Waals surface area (Å²) in [6.07, 6.45) is -8.07. The lowest BCUT2D eigenvalue weighted by atomic mass is 9.93. The summed E-state index contributed by atoms with van der Waals surface area (Å²) in [5.74, 6) is -1.69. The number of carbonyl (C=O) groups excluding carboxylic acids is 2. The minimum Gasteiger partial charge on any atom is -0.394 e. The van der Waals surface area contributed by atoms with Gasteiger partial charge in [0.2, 0.25) is 0 Å². The fourth-order valence-corrected chi connectivity index (χ4v) is 6.84. The highest BCUT2D eigenvalue weighted by molar-refractivity contribution is 6.13. The van der Waals surface area contributed by atoms with E-state index in [2.05, 4.69) is 12.2 Å². The summed E-state index contributed by atoms with van der Waals surface area (Å²) >= 11 is 0. The minimum absolute atomic E-state index is 0.402. The smallest absolute Gasteiger partial charge is 0.254 e. The molecule has 2 unspecified atom stereocenters. The summed E-state index contributed by atoms with van der Waals surface area (Å²) in [6.45, 7) is 0.310. The lowest BCUT2D eigenvalue weighted by molar-refractivity contribution is -0.356. The zero-order valence-corrected chi connectivity index (χ0v) is 28.3. The predicted molar refractivity (Wildman–Crippen MR) is 170 cm³/mol. The van der Waals surface area contributed by atoms with Gasteiger partial charge in [-0.1, -0.05) is 51.9 Å². The molecule has 0 radical (unpaired) electrons. The van der Waals surface area contributed by atoms with Gasteiger partial charge in [-0.2, -0.15) is 0 Å². The minimum atomic E-state index is -1.86. The molecule has 4 aliphatic rings. The van der Waals surface area contributed by atoms with Crippen LogP contribution in [0.2, 0.25) is 0 Å². The quantitative estimate of drug-likeness (QED) is 0.0478. The van der Waals surface area contributed by atoms with Crippen molar-refractivity contribution in [1.82, 2.24) is 10.2 Å². The number of nitrogens with zero attached hydrogens (tertiary/aromatic N) is 1. The Morgan fingerprint density at radius 1 is 0.700 bits per heavy atom. The van der Waals surface area contributed by atoms with Crippen molar-refractivity contribution < 1.29 is 74.1 Å². The number of hydrogen-bond acceptors (Lipinski definition) is 17. The predicted octanol–water partition coefficient (Wildman–Crippen LogP) is -3.94. The van der Waals surface area contributed by atoms with Gasteiger partial charge in [0, 0.05) is 12.2 Å². The molecule has 2 amide bonds. The lowest BCUT2D eigenvalue weighted by Crippen LogP contribution is -2.71. The molecule has 0 aromatic heterocycles. The van der Waals surface area contributed by atoms with Crippen LogP contribution >= 0.6 is 0 Å². The second-order valence-corrected chi connectivity index (χ2v) is 13.3. The van der Waals surface area contributed by atoms with E-state index in [0.29, 0.717) is 11.4 Å². The molecule has 4 aliphatic heterocycles. The third-order valence-electron chi connectivity index (χ3n) is 9.76. The molecule has 11 N–H and O–H groups in total. The summed E-state index contributed by atoms with van der Waals surface area (Å²) in [6, 6.07) is -4.15. The van der Waals surface area contributed by atoms with E-state index in [1.807, 2.05) is 0 Å². The molecule has 18 heteroatoms. The number of amides is 2. The van der Waals surface area contributed by atoms with Gasteiger partial charge < -0.3 is 75.6 Å². The zero-order chi connectivity index (χ0) is 36.5. The molecule has 0 spiro atoms. The first-order valence-corrected chi connectivity index (χ1v) is 17.5. The molecule has 15 atom stereocenters. The fraction of sp³-hybridized carbons (Fsp3) is 0.875. The van der Waals surface area contributed by atoms with Gasteiger partial charge in [-0.05, 0) is 13.0 Å². The zero-order valence-electron chi connectivity index (χ0n) is 28.3. The summed E-state index contributed by atoms with van der Waals surface area (Å²) < 4.78 is 29.1. The Kier molecular flexibility index (Phi) is 15.9. The van der Waals surface area contributed by atoms with Crippen LogP contribution in [0.3, 0.4) is 0 Å². The van der Waals surface area contributed by atoms with E-state index in [1.165, 1.54) is 12.8 Å². The number of rotatable bonds is 18. The highest BCUT2D eigenvalue weighted by Crippen LogP contribution is 2.35. The molecule has 288 valence electrons. The first kappa shape index (κ1) is 41.0. The molecule has 0 bridgehead atoms. The lowest BCUT2D eigenvalue weighted by Gasteiger charge is -2.50. The van der Waals surface area contributed by atoms with Crippen molar-refractivity contribution in [1.29, 1.82) is 0 Å². The molecule has 0 saturated carbocycles. The van der Waals surface area contributed by atoms with Gasteiger partial charge in [0.05, 0.1) is 31.9 Å². The van der Waals surface area contributed by atoms with Crippen molar-refractivity contribution in [2.24, 2.45) is 5.73 Å². The summed E-state index contributed by atoms with van der Waals surface area (Å²) in [5.41, 5.74) is 5.84. The first-order valence-electron chi connectivity index (χ1n) is 17.5. The van der Waals surface area contributed by atoms with Gasteiger partial charge in [0.1, 0.15) is 61.0 Å². The Morgan fingerprint density at radius 2 is 1.22 bits per heavy atom. The number of carbonyl (C=O) groups is 2. The number of aliphatic hydroxyl groups is 8. The SMILES string of the molecule is CCCCCCCCCCN[C@H]1[C@H](OC2[C@@H](CO)O[C@@H](OC3[C@@H](CO)O[C@@H](O)[C@H](N)[C@H]3O)[C@H](N3C(=O)C=CC3=O)[C@H]2O)O[C@H](CO)[C@@H](O)[C@@H]1O. The van der Waals surface area contributed by atoms with Crippen LogP contribution < -0.4 is 11.1 Å². The summed E-state index contributed by atoms with van der Waals surface area (Å²) in [7, 11) is 0. The Balaban J connectivity index is 1.53. The van der Waals surface area contributed by atoms with Gasteiger partial charge in [0.25, 0.3) is 11.8 Å². The Bertz CT molecular complexity index is 1090. The molecule has 0 aromatic carbocycles. The van der Waals surface area contributed by atoms with Crippen molar-refractivity contribution in [2.75, 3.05) is 26.4 Å². The largest absolute Gasteiger partial charge is 0.394 e. The maximum atomic E-state index is 12.9. The molecule has 3 saturated heterocycles. The van der Waals surface area contributed by atoms with Crippen LogP contribution in [0, 0.1) is 0 Å². The fourth-order valence-electron chi connectivity index (χ4n) is 6.84. The van der Waals surface area contributed by atoms with E-state index in [0.717, 1.165) is 50.7 Å². The molecule has 0 aromatic rings. The van der Waals surface area contributed by atoms with E-state index in [-0.39, 0.29) is 0 Å². The normalized spacial score (nSPS) is 40.9. The topological polar surface area (TPSA) is 283 Å². The van der Waals surface area contributed by atoms with Gasteiger partial charge >= 0.3 is 0 Å². The third-order valence-corrected chi connectivity index (χ3v) is 9.76. The Hall–Kier alpha value is -1.72. The van der Waals surface area contributed by atoms with Crippen LogP contribution in [0.4, 0.5) is 0 Å². The van der Waals surface area contributed by atoms with Gasteiger partial charge in [0.15, 0.2) is 18.9 Å². The monoisotopic (exact) mass is 721 g/mol. The molecule has 18 nitrogen and oxygen atoms in total. The second-order valence-electron chi connectivity index (χ2n) is 13.3. The van der Waals surface area contributed by atoms with E-state index in [4.69, 9.17) is 29.4 Å². The van der Waals surface area contributed by atoms with E-state index in [9.17, 15) is 50.4 Å². The van der Waals surface area contributed by atoms with Crippen LogP contribution in [0.1, 0.15) is 58.3 Å². The van der Waals surface area contributed by atoms with Crippen LogP contribution in [0.25, 0.3) is 0 Å². The van der Waals surface area contributed by atoms with Gasteiger partial charge in [-0.15, -0.1) is 0 Å². The number of aliphatic hydroxyl groups excluding tert-OH is 8. The maximum absolute atomic E-state index is 12.9. The average Bonchev–Trinajstić information content (AvgIpc) is 3.43. The number of hydrogen-bond donors (Lipinski definition) is 10. The second kappa shape index (κ2) is 19.4. The first-order chi connectivity index (χ1) is 24.0. The molecule has 50 heavy (non-hydrogen) atoms. The van der Waals surface area contributed by atoms with E-state index in [1.54, 1.807) is 0 Å². The van der Waals surface area contributed by atoms with E-state index >= 15 is 0 Å². The van der Waals surface area contributed by atoms with Crippen LogP contribution in [-0.2, 0) is 33.3 Å². The highest BCUT2D eigenvalue weighted by Gasteiger charge is 2.56. The molecule has 0 aliphatic carbocycles. The Morgan fingerprint density at radius 3 is 1.82 bits per heavy atom. The van der Waals surface area contributed by atoms with Crippen molar-refractivity contribution in [3.05, 3.63) is 12.2 Å². The summed E-state index contributed by atoms with van der Waals surface area (Å²) in [4.78, 5) is 26.4. The maximum Gasteiger partial charge on any atom is 0.254 e.